The van der Waals surface area contributed by atoms with Gasteiger partial charge in [-0.3, -0.25) is 15.0 Å². The molecule has 17 heavy (non-hydrogen) atoms. The monoisotopic (exact) mass is 254 g/mol. The third kappa shape index (κ3) is 3.75. The summed E-state index contributed by atoms with van der Waals surface area (Å²) in [6, 6.07) is 7.06. The van der Waals surface area contributed by atoms with Crippen LogP contribution in [0.15, 0.2) is 24.3 Å². The van der Waals surface area contributed by atoms with Crippen molar-refractivity contribution in [2.45, 2.75) is 13.8 Å². The molecule has 0 saturated heterocycles. The number of halogens is 1. The smallest absolute Gasteiger partial charge is 0.294 e. The van der Waals surface area contributed by atoms with Gasteiger partial charge in [-0.05, 0) is 31.5 Å². The minimum absolute atomic E-state index is 0.225. The van der Waals surface area contributed by atoms with Gasteiger partial charge in [-0.15, -0.1) is 11.6 Å². The number of carbonyl (C=O) groups is 2. The normalized spacial score (nSPS) is 9.82. The second kappa shape index (κ2) is 6.25. The number of imide groups is 1. The molecule has 5 heteroatoms. The van der Waals surface area contributed by atoms with E-state index in [4.69, 9.17) is 11.6 Å². The van der Waals surface area contributed by atoms with E-state index in [1.165, 1.54) is 4.90 Å². The molecule has 1 aromatic rings. The Morgan fingerprint density at radius 1 is 1.41 bits per heavy atom. The van der Waals surface area contributed by atoms with E-state index < -0.39 is 11.9 Å². The summed E-state index contributed by atoms with van der Waals surface area (Å²) in [7, 11) is 0. The second-order valence-electron chi connectivity index (χ2n) is 3.57. The first kappa shape index (κ1) is 13.5. The number of benzene rings is 1. The third-order valence-corrected chi connectivity index (χ3v) is 2.49. The van der Waals surface area contributed by atoms with Crippen LogP contribution in [-0.4, -0.2) is 24.4 Å². The lowest BCUT2D eigenvalue weighted by atomic mass is 10.2. The molecule has 4 nitrogen and oxygen atoms in total. The van der Waals surface area contributed by atoms with Crippen molar-refractivity contribution >= 4 is 29.2 Å². The first-order valence-corrected chi connectivity index (χ1v) is 5.86. The number of carbonyl (C=O) groups excluding carboxylic acids is 2. The molecule has 0 spiro atoms. The van der Waals surface area contributed by atoms with E-state index in [-0.39, 0.29) is 5.88 Å². The van der Waals surface area contributed by atoms with E-state index in [9.17, 15) is 9.59 Å². The SMILES string of the molecule is CCN(C(=O)NC(=O)CCl)c1cccc(C)c1. The Hall–Kier alpha value is -1.55. The molecule has 3 amide bonds. The number of hydrogen-bond acceptors (Lipinski definition) is 2. The van der Waals surface area contributed by atoms with Crippen LogP contribution < -0.4 is 10.2 Å². The lowest BCUT2D eigenvalue weighted by Crippen LogP contribution is -2.43. The Morgan fingerprint density at radius 3 is 2.65 bits per heavy atom. The molecule has 0 aliphatic carbocycles. The van der Waals surface area contributed by atoms with Gasteiger partial charge in [-0.1, -0.05) is 12.1 Å². The van der Waals surface area contributed by atoms with Crippen molar-refractivity contribution in [2.24, 2.45) is 0 Å². The highest BCUT2D eigenvalue weighted by molar-refractivity contribution is 6.28. The molecule has 1 N–H and O–H groups in total. The molecule has 0 atom stereocenters. The van der Waals surface area contributed by atoms with Gasteiger partial charge in [0.1, 0.15) is 5.88 Å². The van der Waals surface area contributed by atoms with Gasteiger partial charge in [0.05, 0.1) is 0 Å². The predicted molar refractivity (Wildman–Crippen MR) is 68.5 cm³/mol. The topological polar surface area (TPSA) is 49.4 Å². The quantitative estimate of drug-likeness (QED) is 0.842. The number of hydrogen-bond donors (Lipinski definition) is 1. The molecule has 92 valence electrons. The summed E-state index contributed by atoms with van der Waals surface area (Å²) in [5.74, 6) is -0.723. The second-order valence-corrected chi connectivity index (χ2v) is 3.84. The molecule has 0 unspecified atom stereocenters. The molecule has 1 rings (SSSR count). The largest absolute Gasteiger partial charge is 0.328 e. The molecule has 0 heterocycles. The van der Waals surface area contributed by atoms with E-state index in [0.717, 1.165) is 11.3 Å². The van der Waals surface area contributed by atoms with E-state index in [2.05, 4.69) is 5.32 Å². The molecule has 0 aliphatic rings. The van der Waals surface area contributed by atoms with Gasteiger partial charge >= 0.3 is 6.03 Å². The van der Waals surface area contributed by atoms with Crippen LogP contribution in [0.25, 0.3) is 0 Å². The van der Waals surface area contributed by atoms with E-state index in [0.29, 0.717) is 6.54 Å². The first-order valence-electron chi connectivity index (χ1n) is 5.32. The Morgan fingerprint density at radius 2 is 2.12 bits per heavy atom. The Bertz CT molecular complexity index is 421. The standard InChI is InChI=1S/C12H15ClN2O2/c1-3-15(12(17)14-11(16)8-13)10-6-4-5-9(2)7-10/h4-7H,3,8H2,1-2H3,(H,14,16,17). The van der Waals surface area contributed by atoms with Gasteiger partial charge in [0.2, 0.25) is 5.91 Å². The number of alkyl halides is 1. The van der Waals surface area contributed by atoms with E-state index in [1.54, 1.807) is 0 Å². The van der Waals surface area contributed by atoms with Crippen LogP contribution in [0.3, 0.4) is 0 Å². The Labute approximate surface area is 106 Å². The van der Waals surface area contributed by atoms with Crippen LogP contribution in [0, 0.1) is 6.92 Å². The lowest BCUT2D eigenvalue weighted by Gasteiger charge is -2.21. The summed E-state index contributed by atoms with van der Waals surface area (Å²) < 4.78 is 0. The maximum Gasteiger partial charge on any atom is 0.328 e. The number of nitrogens with zero attached hydrogens (tertiary/aromatic N) is 1. The fourth-order valence-corrected chi connectivity index (χ4v) is 1.53. The van der Waals surface area contributed by atoms with Crippen molar-refractivity contribution in [1.82, 2.24) is 5.32 Å². The van der Waals surface area contributed by atoms with Crippen LogP contribution in [0.1, 0.15) is 12.5 Å². The number of amides is 3. The summed E-state index contributed by atoms with van der Waals surface area (Å²) in [5.41, 5.74) is 1.81. The molecule has 0 fully saturated rings. The van der Waals surface area contributed by atoms with Crippen molar-refractivity contribution in [2.75, 3.05) is 17.3 Å². The zero-order valence-corrected chi connectivity index (χ0v) is 10.6. The van der Waals surface area contributed by atoms with Crippen molar-refractivity contribution < 1.29 is 9.59 Å². The van der Waals surface area contributed by atoms with Gasteiger partial charge in [0.15, 0.2) is 0 Å². The van der Waals surface area contributed by atoms with Crippen molar-refractivity contribution in [3.8, 4) is 0 Å². The van der Waals surface area contributed by atoms with E-state index in [1.807, 2.05) is 38.1 Å². The van der Waals surface area contributed by atoms with Crippen LogP contribution in [0.5, 0.6) is 0 Å². The van der Waals surface area contributed by atoms with Crippen LogP contribution in [0.2, 0.25) is 0 Å². The van der Waals surface area contributed by atoms with Crippen LogP contribution in [-0.2, 0) is 4.79 Å². The van der Waals surface area contributed by atoms with E-state index >= 15 is 0 Å². The molecule has 0 aromatic heterocycles. The summed E-state index contributed by atoms with van der Waals surface area (Å²) in [4.78, 5) is 24.3. The fourth-order valence-electron chi connectivity index (χ4n) is 1.46. The number of rotatable bonds is 3. The maximum atomic E-state index is 11.8. The molecule has 0 saturated carbocycles. The molecular formula is C12H15ClN2O2. The van der Waals surface area contributed by atoms with Gasteiger partial charge in [0.25, 0.3) is 0 Å². The Kier molecular flexibility index (Phi) is 4.97. The predicted octanol–water partition coefficient (Wildman–Crippen LogP) is 2.30. The summed E-state index contributed by atoms with van der Waals surface area (Å²) in [6.45, 7) is 4.26. The first-order chi connectivity index (χ1) is 8.08. The average Bonchev–Trinajstić information content (AvgIpc) is 2.30. The summed E-state index contributed by atoms with van der Waals surface area (Å²) in [6.07, 6.45) is 0. The molecule has 0 aliphatic heterocycles. The highest BCUT2D eigenvalue weighted by Crippen LogP contribution is 2.15. The van der Waals surface area contributed by atoms with Crippen molar-refractivity contribution in [1.29, 1.82) is 0 Å². The maximum absolute atomic E-state index is 11.8. The minimum atomic E-state index is -0.497. The fraction of sp³-hybridized carbons (Fsp3) is 0.333. The number of anilines is 1. The summed E-state index contributed by atoms with van der Waals surface area (Å²) in [5, 5.41) is 2.21. The average molecular weight is 255 g/mol. The molecular weight excluding hydrogens is 240 g/mol. The van der Waals surface area contributed by atoms with Crippen molar-refractivity contribution in [3.63, 3.8) is 0 Å². The number of urea groups is 1. The highest BCUT2D eigenvalue weighted by Gasteiger charge is 2.15. The van der Waals surface area contributed by atoms with Crippen LogP contribution >= 0.6 is 11.6 Å². The van der Waals surface area contributed by atoms with Crippen molar-refractivity contribution in [3.05, 3.63) is 29.8 Å². The lowest BCUT2D eigenvalue weighted by molar-refractivity contribution is -0.117. The third-order valence-electron chi connectivity index (χ3n) is 2.24. The van der Waals surface area contributed by atoms with Gasteiger partial charge in [-0.25, -0.2) is 4.79 Å². The van der Waals surface area contributed by atoms with Gasteiger partial charge < -0.3 is 0 Å². The van der Waals surface area contributed by atoms with Crippen LogP contribution in [0.4, 0.5) is 10.5 Å². The number of nitrogens with one attached hydrogen (secondary N) is 1. The summed E-state index contributed by atoms with van der Waals surface area (Å²) >= 11 is 5.33. The van der Waals surface area contributed by atoms with Gasteiger partial charge in [0, 0.05) is 12.2 Å². The molecule has 0 bridgehead atoms. The zero-order valence-electron chi connectivity index (χ0n) is 9.87. The van der Waals surface area contributed by atoms with Gasteiger partial charge in [-0.2, -0.15) is 0 Å². The minimum Gasteiger partial charge on any atom is -0.294 e. The number of aryl methyl sites for hydroxylation is 1. The molecule has 0 radical (unpaired) electrons. The molecule has 1 aromatic carbocycles. The zero-order chi connectivity index (χ0) is 12.8. The Balaban J connectivity index is 2.84. The highest BCUT2D eigenvalue weighted by atomic mass is 35.5.